The van der Waals surface area contributed by atoms with Crippen LogP contribution in [0.4, 0.5) is 5.69 Å². The Balaban J connectivity index is 1.96. The number of nitrogens with zero attached hydrogens (tertiary/aromatic N) is 2. The summed E-state index contributed by atoms with van der Waals surface area (Å²) in [5.41, 5.74) is 0.607. The number of hydrogen-bond donors (Lipinski definition) is 0. The highest BCUT2D eigenvalue weighted by Crippen LogP contribution is 2.24. The molecule has 0 unspecified atom stereocenters. The lowest BCUT2D eigenvalue weighted by Crippen LogP contribution is -2.32. The molecule has 31 heavy (non-hydrogen) atoms. The molecule has 162 valence electrons. The molecule has 2 aromatic carbocycles. The first kappa shape index (κ1) is 22.6. The van der Waals surface area contributed by atoms with Crippen molar-refractivity contribution in [2.45, 2.75) is 24.8 Å². The highest BCUT2D eigenvalue weighted by atomic mass is 32.2. The molecule has 0 aliphatic rings. The van der Waals surface area contributed by atoms with Crippen molar-refractivity contribution in [2.24, 2.45) is 0 Å². The minimum Gasteiger partial charge on any atom is -0.333 e. The molecule has 3 rings (SSSR count). The van der Waals surface area contributed by atoms with Crippen LogP contribution in [0.25, 0.3) is 0 Å². The van der Waals surface area contributed by atoms with Gasteiger partial charge in [0.15, 0.2) is 9.84 Å². The van der Waals surface area contributed by atoms with E-state index in [0.717, 1.165) is 33.7 Å². The van der Waals surface area contributed by atoms with Crippen LogP contribution in [0.5, 0.6) is 0 Å². The molecule has 0 bridgehead atoms. The van der Waals surface area contributed by atoms with E-state index in [9.17, 15) is 23.3 Å². The summed E-state index contributed by atoms with van der Waals surface area (Å²) in [6, 6.07) is 16.9. The van der Waals surface area contributed by atoms with Crippen molar-refractivity contribution in [3.05, 3.63) is 91.7 Å². The summed E-state index contributed by atoms with van der Waals surface area (Å²) in [5.74, 6) is -0.449. The number of aryl methyl sites for hydroxylation is 1. The van der Waals surface area contributed by atoms with Gasteiger partial charge in [-0.25, -0.2) is 8.42 Å². The first-order valence-corrected chi connectivity index (χ1v) is 12.2. The average Bonchev–Trinajstić information content (AvgIpc) is 3.15. The maximum atomic E-state index is 13.3. The number of hydrogen-bond acceptors (Lipinski definition) is 6. The van der Waals surface area contributed by atoms with E-state index < -0.39 is 26.4 Å². The summed E-state index contributed by atoms with van der Waals surface area (Å²) in [7, 11) is -3.72. The van der Waals surface area contributed by atoms with Crippen molar-refractivity contribution < 1.29 is 18.1 Å². The second-order valence-electron chi connectivity index (χ2n) is 7.22. The molecule has 0 N–H and O–H groups in total. The van der Waals surface area contributed by atoms with Gasteiger partial charge in [-0.2, -0.15) is 0 Å². The van der Waals surface area contributed by atoms with Crippen molar-refractivity contribution in [2.75, 3.05) is 12.8 Å². The van der Waals surface area contributed by atoms with E-state index in [0.29, 0.717) is 19.5 Å². The van der Waals surface area contributed by atoms with Crippen molar-refractivity contribution in [1.82, 2.24) is 4.90 Å². The van der Waals surface area contributed by atoms with Crippen molar-refractivity contribution in [3.63, 3.8) is 0 Å². The average molecular weight is 459 g/mol. The third kappa shape index (κ3) is 5.99. The number of nitro benzene ring substituents is 1. The zero-order valence-electron chi connectivity index (χ0n) is 17.1. The second kappa shape index (κ2) is 9.40. The molecule has 1 amide bonds. The topological polar surface area (TPSA) is 97.6 Å². The van der Waals surface area contributed by atoms with E-state index in [2.05, 4.69) is 0 Å². The predicted molar refractivity (Wildman–Crippen MR) is 120 cm³/mol. The minimum atomic E-state index is -3.72. The number of benzene rings is 2. The molecule has 0 saturated heterocycles. The Kier molecular flexibility index (Phi) is 6.87. The molecule has 0 atom stereocenters. The number of amides is 1. The molecule has 1 aromatic heterocycles. The molecule has 9 heteroatoms. The van der Waals surface area contributed by atoms with Gasteiger partial charge in [0.2, 0.25) is 0 Å². The number of carbonyl (C=O) groups is 1. The van der Waals surface area contributed by atoms with Gasteiger partial charge in [-0.05, 0) is 37.1 Å². The number of nitro groups is 1. The maximum Gasteiger partial charge on any atom is 0.271 e. The number of thiophene rings is 1. The van der Waals surface area contributed by atoms with E-state index >= 15 is 0 Å². The van der Waals surface area contributed by atoms with Crippen LogP contribution in [-0.2, 0) is 22.8 Å². The number of non-ortho nitro benzene ring substituents is 1. The van der Waals surface area contributed by atoms with Crippen LogP contribution in [0.1, 0.15) is 25.7 Å². The van der Waals surface area contributed by atoms with E-state index in [1.807, 2.05) is 49.4 Å². The lowest BCUT2D eigenvalue weighted by Gasteiger charge is -2.22. The normalized spacial score (nSPS) is 11.3. The minimum absolute atomic E-state index is 0.0176. The lowest BCUT2D eigenvalue weighted by atomic mass is 10.1. The van der Waals surface area contributed by atoms with Crippen LogP contribution in [0, 0.1) is 17.0 Å². The summed E-state index contributed by atoms with van der Waals surface area (Å²) >= 11 is 1.57. The van der Waals surface area contributed by atoms with Gasteiger partial charge in [0.1, 0.15) is 0 Å². The molecule has 0 aliphatic heterocycles. The Labute approximate surface area is 185 Å². The number of carbonyl (C=O) groups excluding carboxylic acids is 1. The maximum absolute atomic E-state index is 13.3. The van der Waals surface area contributed by atoms with Gasteiger partial charge in [-0.3, -0.25) is 14.9 Å². The summed E-state index contributed by atoms with van der Waals surface area (Å²) in [4.78, 5) is 27.4. The van der Waals surface area contributed by atoms with Crippen LogP contribution >= 0.6 is 11.3 Å². The van der Waals surface area contributed by atoms with Gasteiger partial charge in [-0.15, -0.1) is 11.3 Å². The molecule has 1 heterocycles. The first-order chi connectivity index (χ1) is 14.6. The van der Waals surface area contributed by atoms with Crippen LogP contribution in [0.3, 0.4) is 0 Å². The lowest BCUT2D eigenvalue weighted by molar-refractivity contribution is -0.385. The molecule has 3 aromatic rings. The summed E-state index contributed by atoms with van der Waals surface area (Å²) < 4.78 is 24.0. The van der Waals surface area contributed by atoms with Crippen LogP contribution in [0.2, 0.25) is 0 Å². The van der Waals surface area contributed by atoms with Crippen molar-refractivity contribution in [1.29, 1.82) is 0 Å². The van der Waals surface area contributed by atoms with Crippen molar-refractivity contribution in [3.8, 4) is 0 Å². The molecule has 0 fully saturated rings. The van der Waals surface area contributed by atoms with Gasteiger partial charge in [0, 0.05) is 40.3 Å². The predicted octanol–water partition coefficient (Wildman–Crippen LogP) is 4.25. The van der Waals surface area contributed by atoms with Gasteiger partial charge >= 0.3 is 0 Å². The zero-order valence-corrected chi connectivity index (χ0v) is 18.8. The molecule has 7 nitrogen and oxygen atoms in total. The fourth-order valence-electron chi connectivity index (χ4n) is 3.13. The number of sulfone groups is 1. The Morgan fingerprint density at radius 3 is 2.39 bits per heavy atom. The van der Waals surface area contributed by atoms with E-state index in [-0.39, 0.29) is 10.5 Å². The van der Waals surface area contributed by atoms with E-state index in [1.165, 1.54) is 6.07 Å². The third-order valence-electron chi connectivity index (χ3n) is 4.72. The standard InChI is InChI=1S/C22H22N2O5S2/c1-16-8-9-20(30-16)15-23(11-10-17-6-4-3-5-7-17)22(25)18-12-19(24(26)27)14-21(13-18)31(2,28)29/h3-9,12-14H,10-11,15H2,1-2H3. The summed E-state index contributed by atoms with van der Waals surface area (Å²) in [5, 5.41) is 11.3. The highest BCUT2D eigenvalue weighted by Gasteiger charge is 2.23. The highest BCUT2D eigenvalue weighted by molar-refractivity contribution is 7.90. The monoisotopic (exact) mass is 458 g/mol. The summed E-state index contributed by atoms with van der Waals surface area (Å²) in [6.45, 7) is 2.70. The van der Waals surface area contributed by atoms with Crippen LogP contribution < -0.4 is 0 Å². The van der Waals surface area contributed by atoms with Gasteiger partial charge in [0.25, 0.3) is 11.6 Å². The second-order valence-corrected chi connectivity index (χ2v) is 10.6. The fraction of sp³-hybridized carbons (Fsp3) is 0.227. The Bertz CT molecular complexity index is 1200. The quantitative estimate of drug-likeness (QED) is 0.371. The van der Waals surface area contributed by atoms with Crippen LogP contribution in [0.15, 0.2) is 65.6 Å². The smallest absolute Gasteiger partial charge is 0.271 e. The Morgan fingerprint density at radius 2 is 1.81 bits per heavy atom. The SMILES string of the molecule is Cc1ccc(CN(CCc2ccccc2)C(=O)c2cc([N+](=O)[O-])cc(S(C)(=O)=O)c2)s1. The summed E-state index contributed by atoms with van der Waals surface area (Å²) in [6.07, 6.45) is 1.56. The Morgan fingerprint density at radius 1 is 1.10 bits per heavy atom. The van der Waals surface area contributed by atoms with E-state index in [4.69, 9.17) is 0 Å². The number of rotatable bonds is 8. The zero-order chi connectivity index (χ0) is 22.6. The molecule has 0 saturated carbocycles. The third-order valence-corrected chi connectivity index (χ3v) is 6.80. The van der Waals surface area contributed by atoms with Gasteiger partial charge < -0.3 is 4.90 Å². The Hall–Kier alpha value is -3.04. The van der Waals surface area contributed by atoms with Crippen LogP contribution in [-0.4, -0.2) is 36.9 Å². The largest absolute Gasteiger partial charge is 0.333 e. The van der Waals surface area contributed by atoms with Gasteiger partial charge in [-0.1, -0.05) is 30.3 Å². The van der Waals surface area contributed by atoms with Crippen molar-refractivity contribution >= 4 is 32.8 Å². The molecule has 0 radical (unpaired) electrons. The molecular weight excluding hydrogens is 436 g/mol. The molecule has 0 spiro atoms. The fourth-order valence-corrected chi connectivity index (χ4v) is 4.71. The molecule has 0 aliphatic carbocycles. The van der Waals surface area contributed by atoms with E-state index in [1.54, 1.807) is 16.2 Å². The molecular formula is C22H22N2O5S2. The first-order valence-electron chi connectivity index (χ1n) is 9.51. The van der Waals surface area contributed by atoms with Gasteiger partial charge in [0.05, 0.1) is 16.4 Å².